The standard InChI is InChI=1S/C16H15N3OS/c1-11-4-6-13-14(9-11)21-16(18-13)19-15(20)7-5-12-3-2-8-17-10-12/h2-4,6,8-10H,5,7H2,1H3,(H,18,19,20). The van der Waals surface area contributed by atoms with Gasteiger partial charge in [0.1, 0.15) is 0 Å². The van der Waals surface area contributed by atoms with Crippen LogP contribution in [0.5, 0.6) is 0 Å². The summed E-state index contributed by atoms with van der Waals surface area (Å²) < 4.78 is 1.09. The number of hydrogen-bond acceptors (Lipinski definition) is 4. The van der Waals surface area contributed by atoms with Gasteiger partial charge in [0.15, 0.2) is 5.13 Å². The van der Waals surface area contributed by atoms with Crippen LogP contribution in [0.4, 0.5) is 5.13 Å². The van der Waals surface area contributed by atoms with Gasteiger partial charge in [-0.05, 0) is 42.7 Å². The summed E-state index contributed by atoms with van der Waals surface area (Å²) >= 11 is 1.51. The van der Waals surface area contributed by atoms with Gasteiger partial charge < -0.3 is 5.32 Å². The maximum Gasteiger partial charge on any atom is 0.226 e. The lowest BCUT2D eigenvalue weighted by molar-refractivity contribution is -0.116. The summed E-state index contributed by atoms with van der Waals surface area (Å²) in [5, 5.41) is 3.53. The molecular weight excluding hydrogens is 282 g/mol. The topological polar surface area (TPSA) is 54.9 Å². The molecule has 21 heavy (non-hydrogen) atoms. The third-order valence-corrected chi connectivity index (χ3v) is 4.09. The lowest BCUT2D eigenvalue weighted by Gasteiger charge is -2.01. The molecule has 106 valence electrons. The number of aromatic nitrogens is 2. The molecule has 0 spiro atoms. The van der Waals surface area contributed by atoms with Crippen molar-refractivity contribution in [3.8, 4) is 0 Å². The van der Waals surface area contributed by atoms with E-state index < -0.39 is 0 Å². The van der Waals surface area contributed by atoms with Gasteiger partial charge >= 0.3 is 0 Å². The third-order valence-electron chi connectivity index (χ3n) is 3.15. The van der Waals surface area contributed by atoms with E-state index in [0.29, 0.717) is 18.0 Å². The Balaban J connectivity index is 1.63. The molecule has 3 aromatic rings. The maximum absolute atomic E-state index is 12.0. The van der Waals surface area contributed by atoms with Crippen molar-refractivity contribution in [2.45, 2.75) is 19.8 Å². The van der Waals surface area contributed by atoms with Crippen LogP contribution in [0.3, 0.4) is 0 Å². The number of hydrogen-bond donors (Lipinski definition) is 1. The van der Waals surface area contributed by atoms with Crippen molar-refractivity contribution in [1.82, 2.24) is 9.97 Å². The molecule has 0 atom stereocenters. The van der Waals surface area contributed by atoms with Crippen molar-refractivity contribution in [2.75, 3.05) is 5.32 Å². The smallest absolute Gasteiger partial charge is 0.226 e. The number of pyridine rings is 1. The highest BCUT2D eigenvalue weighted by molar-refractivity contribution is 7.22. The molecule has 0 aliphatic carbocycles. The first kappa shape index (κ1) is 13.7. The summed E-state index contributed by atoms with van der Waals surface area (Å²) in [6.07, 6.45) is 4.63. The number of carbonyl (C=O) groups excluding carboxylic acids is 1. The van der Waals surface area contributed by atoms with Gasteiger partial charge in [0, 0.05) is 18.8 Å². The lowest BCUT2D eigenvalue weighted by Crippen LogP contribution is -2.12. The van der Waals surface area contributed by atoms with Crippen molar-refractivity contribution in [2.24, 2.45) is 0 Å². The van der Waals surface area contributed by atoms with E-state index in [1.807, 2.05) is 31.2 Å². The van der Waals surface area contributed by atoms with E-state index in [4.69, 9.17) is 0 Å². The molecule has 1 amide bonds. The molecular formula is C16H15N3OS. The second-order valence-electron chi connectivity index (χ2n) is 4.90. The summed E-state index contributed by atoms with van der Waals surface area (Å²) in [5.74, 6) is -0.0189. The first-order valence-electron chi connectivity index (χ1n) is 6.77. The zero-order valence-electron chi connectivity index (χ0n) is 11.7. The molecule has 2 heterocycles. The van der Waals surface area contributed by atoms with E-state index in [0.717, 1.165) is 15.8 Å². The highest BCUT2D eigenvalue weighted by Crippen LogP contribution is 2.26. The predicted molar refractivity (Wildman–Crippen MR) is 85.5 cm³/mol. The summed E-state index contributed by atoms with van der Waals surface area (Å²) in [4.78, 5) is 20.4. The van der Waals surface area contributed by atoms with Crippen molar-refractivity contribution >= 4 is 32.6 Å². The Hall–Kier alpha value is -2.27. The fourth-order valence-electron chi connectivity index (χ4n) is 2.07. The molecule has 1 N–H and O–H groups in total. The molecule has 0 radical (unpaired) electrons. The van der Waals surface area contributed by atoms with Gasteiger partial charge in [0.05, 0.1) is 10.2 Å². The quantitative estimate of drug-likeness (QED) is 0.801. The summed E-state index contributed by atoms with van der Waals surface area (Å²) in [5.41, 5.74) is 3.18. The van der Waals surface area contributed by atoms with E-state index in [1.54, 1.807) is 12.4 Å². The number of fused-ring (bicyclic) bond motifs is 1. The minimum Gasteiger partial charge on any atom is -0.302 e. The highest BCUT2D eigenvalue weighted by atomic mass is 32.1. The molecule has 0 fully saturated rings. The molecule has 0 unspecified atom stereocenters. The molecule has 0 saturated heterocycles. The number of thiazole rings is 1. The number of benzene rings is 1. The number of carbonyl (C=O) groups is 1. The van der Waals surface area contributed by atoms with Crippen LogP contribution in [0.15, 0.2) is 42.7 Å². The van der Waals surface area contributed by atoms with E-state index in [9.17, 15) is 4.79 Å². The zero-order chi connectivity index (χ0) is 14.7. The molecule has 0 aliphatic rings. The Morgan fingerprint density at radius 3 is 3.05 bits per heavy atom. The summed E-state index contributed by atoms with van der Waals surface area (Å²) in [7, 11) is 0. The Kier molecular flexibility index (Phi) is 3.92. The number of aryl methyl sites for hydroxylation is 2. The molecule has 4 nitrogen and oxygen atoms in total. The van der Waals surface area contributed by atoms with Gasteiger partial charge in [0.2, 0.25) is 5.91 Å². The largest absolute Gasteiger partial charge is 0.302 e. The van der Waals surface area contributed by atoms with Crippen LogP contribution < -0.4 is 5.32 Å². The SMILES string of the molecule is Cc1ccc2nc(NC(=O)CCc3cccnc3)sc2c1. The van der Waals surface area contributed by atoms with Crippen LogP contribution >= 0.6 is 11.3 Å². The molecule has 0 bridgehead atoms. The van der Waals surface area contributed by atoms with Crippen LogP contribution in [0, 0.1) is 6.92 Å². The van der Waals surface area contributed by atoms with Crippen LogP contribution in [0.25, 0.3) is 10.2 Å². The van der Waals surface area contributed by atoms with Crippen LogP contribution in [0.1, 0.15) is 17.5 Å². The number of anilines is 1. The van der Waals surface area contributed by atoms with Gasteiger partial charge in [0.25, 0.3) is 0 Å². The number of nitrogens with one attached hydrogen (secondary N) is 1. The molecule has 2 aromatic heterocycles. The first-order valence-corrected chi connectivity index (χ1v) is 7.58. The Bertz CT molecular complexity index is 768. The van der Waals surface area contributed by atoms with Crippen molar-refractivity contribution in [3.63, 3.8) is 0 Å². The highest BCUT2D eigenvalue weighted by Gasteiger charge is 2.08. The Labute approximate surface area is 126 Å². The van der Waals surface area contributed by atoms with E-state index >= 15 is 0 Å². The average molecular weight is 297 g/mol. The van der Waals surface area contributed by atoms with Crippen LogP contribution in [-0.4, -0.2) is 15.9 Å². The minimum atomic E-state index is -0.0189. The fraction of sp³-hybridized carbons (Fsp3) is 0.188. The normalized spacial score (nSPS) is 10.7. The molecule has 5 heteroatoms. The Morgan fingerprint density at radius 2 is 2.24 bits per heavy atom. The van der Waals surface area contributed by atoms with Crippen molar-refractivity contribution in [3.05, 3.63) is 53.9 Å². The van der Waals surface area contributed by atoms with Gasteiger partial charge in [-0.15, -0.1) is 0 Å². The maximum atomic E-state index is 12.0. The average Bonchev–Trinajstić information content (AvgIpc) is 2.87. The van der Waals surface area contributed by atoms with E-state index in [-0.39, 0.29) is 5.91 Å². The number of rotatable bonds is 4. The molecule has 0 saturated carbocycles. The van der Waals surface area contributed by atoms with Crippen LogP contribution in [-0.2, 0) is 11.2 Å². The first-order chi connectivity index (χ1) is 10.2. The van der Waals surface area contributed by atoms with Crippen molar-refractivity contribution in [1.29, 1.82) is 0 Å². The summed E-state index contributed by atoms with van der Waals surface area (Å²) in [6, 6.07) is 9.94. The third kappa shape index (κ3) is 3.44. The van der Waals surface area contributed by atoms with Crippen molar-refractivity contribution < 1.29 is 4.79 Å². The molecule has 3 rings (SSSR count). The fourth-order valence-corrected chi connectivity index (χ4v) is 3.05. The Morgan fingerprint density at radius 1 is 1.33 bits per heavy atom. The van der Waals surface area contributed by atoms with Gasteiger partial charge in [-0.1, -0.05) is 23.5 Å². The van der Waals surface area contributed by atoms with Gasteiger partial charge in [-0.2, -0.15) is 0 Å². The van der Waals surface area contributed by atoms with Crippen LogP contribution in [0.2, 0.25) is 0 Å². The van der Waals surface area contributed by atoms with E-state index in [1.165, 1.54) is 16.9 Å². The minimum absolute atomic E-state index is 0.0189. The second kappa shape index (κ2) is 6.01. The van der Waals surface area contributed by atoms with Gasteiger partial charge in [-0.25, -0.2) is 4.98 Å². The van der Waals surface area contributed by atoms with E-state index in [2.05, 4.69) is 21.4 Å². The second-order valence-corrected chi connectivity index (χ2v) is 5.93. The lowest BCUT2D eigenvalue weighted by atomic mass is 10.1. The predicted octanol–water partition coefficient (Wildman–Crippen LogP) is 3.57. The zero-order valence-corrected chi connectivity index (χ0v) is 12.5. The number of amides is 1. The summed E-state index contributed by atoms with van der Waals surface area (Å²) in [6.45, 7) is 2.05. The molecule has 0 aliphatic heterocycles. The molecule has 1 aromatic carbocycles. The monoisotopic (exact) mass is 297 g/mol. The number of nitrogens with zero attached hydrogens (tertiary/aromatic N) is 2. The van der Waals surface area contributed by atoms with Gasteiger partial charge in [-0.3, -0.25) is 9.78 Å².